The van der Waals surface area contributed by atoms with Crippen LogP contribution in [0.2, 0.25) is 0 Å². The lowest BCUT2D eigenvalue weighted by Crippen LogP contribution is -2.31. The Morgan fingerprint density at radius 2 is 2.33 bits per heavy atom. The molecule has 0 saturated carbocycles. The molecule has 2 amide bonds. The number of hydrogen-bond donors (Lipinski definition) is 1. The minimum atomic E-state index is -0.194. The average molecular weight is 129 g/mol. The summed E-state index contributed by atoms with van der Waals surface area (Å²) in [5.41, 5.74) is 0. The van der Waals surface area contributed by atoms with Crippen LogP contribution in [0.25, 0.3) is 0 Å². The highest BCUT2D eigenvalue weighted by molar-refractivity contribution is 5.79. The van der Waals surface area contributed by atoms with Crippen molar-refractivity contribution < 1.29 is 9.59 Å². The van der Waals surface area contributed by atoms with Crippen molar-refractivity contribution in [1.82, 2.24) is 10.2 Å². The lowest BCUT2D eigenvalue weighted by atomic mass is 10.5. The van der Waals surface area contributed by atoms with E-state index in [9.17, 15) is 9.59 Å². The van der Waals surface area contributed by atoms with E-state index in [2.05, 4.69) is 5.32 Å². The quantitative estimate of drug-likeness (QED) is 0.483. The number of nitrogens with zero attached hydrogens (tertiary/aromatic N) is 1. The van der Waals surface area contributed by atoms with E-state index in [1.54, 1.807) is 6.41 Å². The lowest BCUT2D eigenvalue weighted by Gasteiger charge is -2.05. The fourth-order valence-corrected chi connectivity index (χ4v) is 0.327. The molecule has 1 N–H and O–H groups in total. The first-order valence-corrected chi connectivity index (χ1v) is 2.50. The highest BCUT2D eigenvalue weighted by Crippen LogP contribution is 1.72. The second-order valence-electron chi connectivity index (χ2n) is 1.62. The number of hydrogen-bond acceptors (Lipinski definition) is 2. The zero-order valence-electron chi connectivity index (χ0n) is 5.47. The predicted octanol–water partition coefficient (Wildman–Crippen LogP) is -1.27. The van der Waals surface area contributed by atoms with Crippen LogP contribution < -0.4 is 5.32 Å². The molecule has 9 heavy (non-hydrogen) atoms. The van der Waals surface area contributed by atoms with Crippen LogP contribution in [-0.4, -0.2) is 37.9 Å². The Labute approximate surface area is 53.8 Å². The Kier molecular flexibility index (Phi) is 3.43. The van der Waals surface area contributed by atoms with E-state index in [0.29, 0.717) is 0 Å². The zero-order valence-corrected chi connectivity index (χ0v) is 5.47. The first-order valence-electron chi connectivity index (χ1n) is 2.50. The number of amides is 2. The molecule has 0 fully saturated rings. The van der Waals surface area contributed by atoms with Crippen molar-refractivity contribution >= 4 is 12.3 Å². The third-order valence-electron chi connectivity index (χ3n) is 0.815. The Hall–Kier alpha value is -1.06. The zero-order chi connectivity index (χ0) is 7.28. The Balaban J connectivity index is 3.46. The van der Waals surface area contributed by atoms with Crippen molar-refractivity contribution in [2.24, 2.45) is 0 Å². The van der Waals surface area contributed by atoms with Crippen molar-refractivity contribution in [2.75, 3.05) is 20.6 Å². The summed E-state index contributed by atoms with van der Waals surface area (Å²) in [5, 5.41) is 2.37. The van der Waals surface area contributed by atoms with Crippen LogP contribution in [0.15, 0.2) is 0 Å². The molecule has 0 aliphatic rings. The van der Waals surface area contributed by atoms with Gasteiger partial charge in [-0.3, -0.25) is 9.59 Å². The Bertz CT molecular complexity index is 114. The fourth-order valence-electron chi connectivity index (χ4n) is 0.327. The molecule has 0 aromatic rings. The molecule has 0 aromatic carbocycles. The first kappa shape index (κ1) is 7.94. The monoisotopic (exact) mass is 129 g/mol. The summed E-state index contributed by atoms with van der Waals surface area (Å²) >= 11 is 0. The molecule has 0 bridgehead atoms. The van der Waals surface area contributed by atoms with Gasteiger partial charge in [-0.2, -0.15) is 0 Å². The van der Waals surface area contributed by atoms with E-state index in [0.717, 1.165) is 4.90 Å². The van der Waals surface area contributed by atoms with Crippen LogP contribution in [-0.2, 0) is 9.59 Å². The number of carbonyl (C=O) groups is 1. The second-order valence-corrected chi connectivity index (χ2v) is 1.62. The van der Waals surface area contributed by atoms with Gasteiger partial charge in [0.05, 0.1) is 6.54 Å². The van der Waals surface area contributed by atoms with Gasteiger partial charge in [0.2, 0.25) is 5.91 Å². The number of nitrogens with one attached hydrogen (secondary N) is 1. The molecule has 0 aliphatic heterocycles. The van der Waals surface area contributed by atoms with Gasteiger partial charge in [0.1, 0.15) is 0 Å². The topological polar surface area (TPSA) is 49.4 Å². The van der Waals surface area contributed by atoms with Gasteiger partial charge in [-0.05, 0) is 0 Å². The van der Waals surface area contributed by atoms with Crippen molar-refractivity contribution in [2.45, 2.75) is 0 Å². The molecular weight excluding hydrogens is 120 g/mol. The van der Waals surface area contributed by atoms with Gasteiger partial charge < -0.3 is 10.2 Å². The van der Waals surface area contributed by atoms with E-state index in [1.165, 1.54) is 14.1 Å². The molecule has 0 aliphatic carbocycles. The number of rotatable bonds is 3. The summed E-state index contributed by atoms with van der Waals surface area (Å²) in [6.45, 7) is 0.0694. The molecule has 4 nitrogen and oxygen atoms in total. The molecule has 0 rings (SSSR count). The van der Waals surface area contributed by atoms with Gasteiger partial charge in [0.25, 0.3) is 0 Å². The molecular formula is C5H9N2O2. The molecule has 4 heteroatoms. The third kappa shape index (κ3) is 3.52. The molecule has 1 radical (unpaired) electrons. The normalized spacial score (nSPS) is 8.22. The van der Waals surface area contributed by atoms with Crippen LogP contribution in [0.5, 0.6) is 0 Å². The molecule has 0 unspecified atom stereocenters. The summed E-state index contributed by atoms with van der Waals surface area (Å²) in [5.74, 6) is -0.194. The summed E-state index contributed by atoms with van der Waals surface area (Å²) in [6.07, 6.45) is 1.55. The van der Waals surface area contributed by atoms with E-state index in [4.69, 9.17) is 0 Å². The molecule has 0 aromatic heterocycles. The molecule has 0 saturated heterocycles. The number of likely N-dealkylation sites (N-methyl/N-ethyl adjacent to an activating group) is 2. The van der Waals surface area contributed by atoms with Crippen molar-refractivity contribution in [3.8, 4) is 0 Å². The lowest BCUT2D eigenvalue weighted by molar-refractivity contribution is -0.120. The van der Waals surface area contributed by atoms with Gasteiger partial charge >= 0.3 is 6.41 Å². The van der Waals surface area contributed by atoms with Crippen LogP contribution >= 0.6 is 0 Å². The van der Waals surface area contributed by atoms with Gasteiger partial charge in [-0.25, -0.2) is 0 Å². The number of carbonyl (C=O) groups excluding carboxylic acids is 2. The highest BCUT2D eigenvalue weighted by atomic mass is 16.2. The van der Waals surface area contributed by atoms with Crippen LogP contribution in [0.3, 0.4) is 0 Å². The second kappa shape index (κ2) is 3.88. The minimum Gasteiger partial charge on any atom is -0.358 e. The first-order chi connectivity index (χ1) is 4.20. The van der Waals surface area contributed by atoms with Crippen LogP contribution in [0.1, 0.15) is 0 Å². The van der Waals surface area contributed by atoms with E-state index in [1.807, 2.05) is 0 Å². The maximum atomic E-state index is 10.4. The van der Waals surface area contributed by atoms with Gasteiger partial charge in [-0.1, -0.05) is 0 Å². The largest absolute Gasteiger partial charge is 0.358 e. The molecule has 0 atom stereocenters. The predicted molar refractivity (Wildman–Crippen MR) is 32.4 cm³/mol. The Morgan fingerprint density at radius 3 is 2.67 bits per heavy atom. The van der Waals surface area contributed by atoms with E-state index >= 15 is 0 Å². The third-order valence-corrected chi connectivity index (χ3v) is 0.815. The molecule has 0 heterocycles. The van der Waals surface area contributed by atoms with Crippen LogP contribution in [0, 0.1) is 0 Å². The maximum Gasteiger partial charge on any atom is 0.312 e. The van der Waals surface area contributed by atoms with Gasteiger partial charge in [-0.15, -0.1) is 0 Å². The standard InChI is InChI=1S/C5H9N2O2/c1-6-5(9)3-7(2)4-8/h3H2,1-2H3,(H,6,9). The average Bonchev–Trinajstić information content (AvgIpc) is 1.87. The SMILES string of the molecule is CNC(=O)CN(C)[C]=O. The maximum absolute atomic E-state index is 10.4. The smallest absolute Gasteiger partial charge is 0.312 e. The molecule has 51 valence electrons. The summed E-state index contributed by atoms with van der Waals surface area (Å²) in [6, 6.07) is 0. The fraction of sp³-hybridized carbons (Fsp3) is 0.600. The summed E-state index contributed by atoms with van der Waals surface area (Å²) < 4.78 is 0. The van der Waals surface area contributed by atoms with Gasteiger partial charge in [0, 0.05) is 14.1 Å². The summed E-state index contributed by atoms with van der Waals surface area (Å²) in [4.78, 5) is 21.4. The highest BCUT2D eigenvalue weighted by Gasteiger charge is 2.00. The summed E-state index contributed by atoms with van der Waals surface area (Å²) in [7, 11) is 3.00. The molecule has 0 spiro atoms. The van der Waals surface area contributed by atoms with Crippen LogP contribution in [0.4, 0.5) is 0 Å². The Morgan fingerprint density at radius 1 is 1.78 bits per heavy atom. The van der Waals surface area contributed by atoms with Crippen molar-refractivity contribution in [3.05, 3.63) is 0 Å². The van der Waals surface area contributed by atoms with E-state index in [-0.39, 0.29) is 12.5 Å². The van der Waals surface area contributed by atoms with Crippen molar-refractivity contribution in [3.63, 3.8) is 0 Å². The minimum absolute atomic E-state index is 0.0694. The van der Waals surface area contributed by atoms with E-state index < -0.39 is 0 Å². The van der Waals surface area contributed by atoms with Crippen molar-refractivity contribution in [1.29, 1.82) is 0 Å². The van der Waals surface area contributed by atoms with Gasteiger partial charge in [0.15, 0.2) is 0 Å².